The van der Waals surface area contributed by atoms with Gasteiger partial charge in [0.05, 0.1) is 11.6 Å². The zero-order chi connectivity index (χ0) is 17.0. The second-order valence-corrected chi connectivity index (χ2v) is 6.70. The van der Waals surface area contributed by atoms with Crippen molar-refractivity contribution in [2.75, 3.05) is 18.4 Å². The van der Waals surface area contributed by atoms with E-state index in [9.17, 15) is 14.7 Å². The van der Waals surface area contributed by atoms with Gasteiger partial charge in [0.15, 0.2) is 0 Å². The molecular weight excluding hydrogens is 296 g/mol. The lowest BCUT2D eigenvalue weighted by Gasteiger charge is -2.29. The van der Waals surface area contributed by atoms with Crippen LogP contribution >= 0.6 is 0 Å². The van der Waals surface area contributed by atoms with Crippen molar-refractivity contribution in [2.24, 2.45) is 0 Å². The van der Waals surface area contributed by atoms with E-state index in [1.54, 1.807) is 29.2 Å². The van der Waals surface area contributed by atoms with Gasteiger partial charge in [-0.1, -0.05) is 12.1 Å². The summed E-state index contributed by atoms with van der Waals surface area (Å²) in [6.45, 7) is 6.71. The van der Waals surface area contributed by atoms with E-state index in [1.807, 2.05) is 20.8 Å². The molecule has 1 aliphatic rings. The zero-order valence-corrected chi connectivity index (χ0v) is 13.8. The van der Waals surface area contributed by atoms with E-state index >= 15 is 0 Å². The van der Waals surface area contributed by atoms with Crippen LogP contribution in [0.15, 0.2) is 24.3 Å². The van der Waals surface area contributed by atoms with Gasteiger partial charge in [0.1, 0.15) is 5.60 Å². The van der Waals surface area contributed by atoms with Crippen LogP contribution in [-0.2, 0) is 4.74 Å². The summed E-state index contributed by atoms with van der Waals surface area (Å²) in [7, 11) is 0. The molecule has 1 aliphatic heterocycles. The summed E-state index contributed by atoms with van der Waals surface area (Å²) < 4.78 is 5.43. The van der Waals surface area contributed by atoms with E-state index in [4.69, 9.17) is 4.74 Å². The van der Waals surface area contributed by atoms with Crippen molar-refractivity contribution in [3.63, 3.8) is 0 Å². The second-order valence-electron chi connectivity index (χ2n) is 6.70. The maximum absolute atomic E-state index is 12.2. The highest BCUT2D eigenvalue weighted by molar-refractivity contribution is 5.94. The molecule has 0 saturated carbocycles. The Labute approximate surface area is 136 Å². The van der Waals surface area contributed by atoms with Crippen molar-refractivity contribution in [3.8, 4) is 0 Å². The van der Waals surface area contributed by atoms with Crippen molar-refractivity contribution in [1.29, 1.82) is 0 Å². The van der Waals surface area contributed by atoms with Crippen LogP contribution in [0, 0.1) is 0 Å². The Bertz CT molecular complexity index is 580. The smallest absolute Gasteiger partial charge is 0.410 e. The summed E-state index contributed by atoms with van der Waals surface area (Å²) in [5.41, 5.74) is 0.276. The van der Waals surface area contributed by atoms with Crippen LogP contribution in [-0.4, -0.2) is 46.8 Å². The number of amides is 1. The van der Waals surface area contributed by atoms with E-state index in [-0.39, 0.29) is 17.7 Å². The van der Waals surface area contributed by atoms with E-state index in [2.05, 4.69) is 5.32 Å². The van der Waals surface area contributed by atoms with Crippen molar-refractivity contribution >= 4 is 17.7 Å². The average Bonchev–Trinajstić information content (AvgIpc) is 2.92. The lowest BCUT2D eigenvalue weighted by molar-refractivity contribution is 0.0234. The normalized spacial score (nSPS) is 17.9. The minimum Gasteiger partial charge on any atom is -0.478 e. The third-order valence-corrected chi connectivity index (χ3v) is 3.69. The molecule has 1 heterocycles. The Morgan fingerprint density at radius 3 is 2.70 bits per heavy atom. The minimum absolute atomic E-state index is 0.00620. The Kier molecular flexibility index (Phi) is 5.13. The first-order valence-electron chi connectivity index (χ1n) is 7.84. The molecule has 2 N–H and O–H groups in total. The van der Waals surface area contributed by atoms with Gasteiger partial charge in [0, 0.05) is 18.8 Å². The lowest BCUT2D eigenvalue weighted by atomic mass is 10.1. The van der Waals surface area contributed by atoms with Gasteiger partial charge in [-0.15, -0.1) is 0 Å². The van der Waals surface area contributed by atoms with Gasteiger partial charge < -0.3 is 20.1 Å². The number of carbonyl (C=O) groups is 2. The summed E-state index contributed by atoms with van der Waals surface area (Å²) >= 11 is 0. The molecule has 23 heavy (non-hydrogen) atoms. The molecule has 1 aromatic carbocycles. The number of nitrogens with one attached hydrogen (secondary N) is 1. The number of likely N-dealkylation sites (tertiary alicyclic amines) is 1. The molecule has 6 heteroatoms. The number of ether oxygens (including phenoxy) is 1. The molecule has 6 nitrogen and oxygen atoms in total. The molecule has 0 bridgehead atoms. The number of carboxylic acid groups (broad SMARTS) is 1. The van der Waals surface area contributed by atoms with Crippen LogP contribution in [0.5, 0.6) is 0 Å². The van der Waals surface area contributed by atoms with Crippen LogP contribution in [0.4, 0.5) is 10.5 Å². The number of para-hydroxylation sites is 1. The quantitative estimate of drug-likeness (QED) is 0.890. The van der Waals surface area contributed by atoms with E-state index < -0.39 is 11.6 Å². The third-order valence-electron chi connectivity index (χ3n) is 3.69. The molecule has 1 unspecified atom stereocenters. The number of anilines is 1. The molecule has 1 aromatic rings. The van der Waals surface area contributed by atoms with Gasteiger partial charge in [0.2, 0.25) is 0 Å². The van der Waals surface area contributed by atoms with Crippen LogP contribution in [0.2, 0.25) is 0 Å². The Balaban J connectivity index is 2.00. The first kappa shape index (κ1) is 17.1. The molecule has 0 spiro atoms. The van der Waals surface area contributed by atoms with Crippen molar-refractivity contribution < 1.29 is 19.4 Å². The predicted octanol–water partition coefficient (Wildman–Crippen LogP) is 3.20. The number of aromatic carboxylic acids is 1. The second kappa shape index (κ2) is 6.89. The molecule has 0 aliphatic carbocycles. The van der Waals surface area contributed by atoms with Gasteiger partial charge in [0.25, 0.3) is 0 Å². The fourth-order valence-electron chi connectivity index (χ4n) is 2.66. The van der Waals surface area contributed by atoms with Crippen LogP contribution in [0.1, 0.15) is 44.0 Å². The molecular formula is C17H24N2O4. The van der Waals surface area contributed by atoms with Gasteiger partial charge in [-0.3, -0.25) is 0 Å². The maximum Gasteiger partial charge on any atom is 0.410 e. The topological polar surface area (TPSA) is 78.9 Å². The Morgan fingerprint density at radius 1 is 1.35 bits per heavy atom. The van der Waals surface area contributed by atoms with Crippen molar-refractivity contribution in [1.82, 2.24) is 4.90 Å². The summed E-state index contributed by atoms with van der Waals surface area (Å²) in [6, 6.07) is 6.78. The maximum atomic E-state index is 12.2. The SMILES string of the molecule is CC(C)(C)OC(=O)N1CCCC1CNc1ccccc1C(=O)O. The highest BCUT2D eigenvalue weighted by atomic mass is 16.6. The highest BCUT2D eigenvalue weighted by Gasteiger charge is 2.32. The number of carbonyl (C=O) groups excluding carboxylic acids is 1. The molecule has 1 saturated heterocycles. The lowest BCUT2D eigenvalue weighted by Crippen LogP contribution is -2.42. The molecule has 0 radical (unpaired) electrons. The van der Waals surface area contributed by atoms with Gasteiger partial charge in [-0.2, -0.15) is 0 Å². The fourth-order valence-corrected chi connectivity index (χ4v) is 2.66. The van der Waals surface area contributed by atoms with E-state index in [0.717, 1.165) is 12.8 Å². The van der Waals surface area contributed by atoms with Gasteiger partial charge in [-0.05, 0) is 45.7 Å². The summed E-state index contributed by atoms with van der Waals surface area (Å²) in [6.07, 6.45) is 1.49. The number of nitrogens with zero attached hydrogens (tertiary/aromatic N) is 1. The highest BCUT2D eigenvalue weighted by Crippen LogP contribution is 2.22. The van der Waals surface area contributed by atoms with Crippen LogP contribution in [0.3, 0.4) is 0 Å². The Hall–Kier alpha value is -2.24. The first-order valence-corrected chi connectivity index (χ1v) is 7.84. The predicted molar refractivity (Wildman–Crippen MR) is 87.9 cm³/mol. The minimum atomic E-state index is -0.969. The number of rotatable bonds is 4. The largest absolute Gasteiger partial charge is 0.478 e. The fraction of sp³-hybridized carbons (Fsp3) is 0.529. The molecule has 2 rings (SSSR count). The van der Waals surface area contributed by atoms with Crippen molar-refractivity contribution in [2.45, 2.75) is 45.3 Å². The molecule has 0 aromatic heterocycles. The van der Waals surface area contributed by atoms with Crippen LogP contribution in [0.25, 0.3) is 0 Å². The molecule has 126 valence electrons. The van der Waals surface area contributed by atoms with Crippen LogP contribution < -0.4 is 5.32 Å². The third kappa shape index (κ3) is 4.61. The average molecular weight is 320 g/mol. The van der Waals surface area contributed by atoms with Gasteiger partial charge >= 0.3 is 12.1 Å². The zero-order valence-electron chi connectivity index (χ0n) is 13.8. The first-order chi connectivity index (χ1) is 10.8. The van der Waals surface area contributed by atoms with Crippen molar-refractivity contribution in [3.05, 3.63) is 29.8 Å². The standard InChI is InChI=1S/C17H24N2O4/c1-17(2,3)23-16(22)19-10-6-7-12(19)11-18-14-9-5-4-8-13(14)15(20)21/h4-5,8-9,12,18H,6-7,10-11H2,1-3H3,(H,20,21). The van der Waals surface area contributed by atoms with E-state index in [0.29, 0.717) is 18.8 Å². The number of benzene rings is 1. The van der Waals surface area contributed by atoms with E-state index in [1.165, 1.54) is 0 Å². The Morgan fingerprint density at radius 2 is 2.04 bits per heavy atom. The van der Waals surface area contributed by atoms with Gasteiger partial charge in [-0.25, -0.2) is 9.59 Å². The number of carboxylic acids is 1. The molecule has 1 fully saturated rings. The number of hydrogen-bond donors (Lipinski definition) is 2. The summed E-state index contributed by atoms with van der Waals surface area (Å²) in [5.74, 6) is -0.969. The molecule has 1 atom stereocenters. The number of hydrogen-bond acceptors (Lipinski definition) is 4. The summed E-state index contributed by atoms with van der Waals surface area (Å²) in [5, 5.41) is 12.4. The monoisotopic (exact) mass is 320 g/mol. The summed E-state index contributed by atoms with van der Waals surface area (Å²) in [4.78, 5) is 25.2. The molecule has 1 amide bonds.